The van der Waals surface area contributed by atoms with Gasteiger partial charge in [0.2, 0.25) is 11.8 Å². The number of H-pyrrole nitrogens is 1. The molecule has 3 N–H and O–H groups in total. The summed E-state index contributed by atoms with van der Waals surface area (Å²) in [6, 6.07) is 3.70. The minimum Gasteiger partial charge on any atom is -0.361 e. The quantitative estimate of drug-likeness (QED) is 0.503. The summed E-state index contributed by atoms with van der Waals surface area (Å²) in [4.78, 5) is 35.1. The molecule has 0 atom stereocenters. The van der Waals surface area contributed by atoms with Crippen molar-refractivity contribution in [3.05, 3.63) is 64.8 Å². The zero-order valence-electron chi connectivity index (χ0n) is 16.5. The van der Waals surface area contributed by atoms with Gasteiger partial charge in [0, 0.05) is 36.6 Å². The third kappa shape index (κ3) is 6.00. The van der Waals surface area contributed by atoms with Crippen LogP contribution in [0.2, 0.25) is 0 Å². The van der Waals surface area contributed by atoms with E-state index < -0.39 is 0 Å². The molecule has 9 heteroatoms. The van der Waals surface area contributed by atoms with Crippen molar-refractivity contribution < 1.29 is 14.1 Å². The third-order valence-corrected chi connectivity index (χ3v) is 4.53. The second-order valence-electron chi connectivity index (χ2n) is 6.77. The van der Waals surface area contributed by atoms with Crippen LogP contribution in [0, 0.1) is 13.8 Å². The van der Waals surface area contributed by atoms with Crippen LogP contribution in [0.5, 0.6) is 0 Å². The van der Waals surface area contributed by atoms with Crippen molar-refractivity contribution in [3.63, 3.8) is 0 Å². The van der Waals surface area contributed by atoms with Gasteiger partial charge in [0.15, 0.2) is 0 Å². The molecule has 0 aliphatic carbocycles. The van der Waals surface area contributed by atoms with E-state index in [-0.39, 0.29) is 18.2 Å². The summed E-state index contributed by atoms with van der Waals surface area (Å²) >= 11 is 0. The van der Waals surface area contributed by atoms with Crippen molar-refractivity contribution in [3.8, 4) is 0 Å². The van der Waals surface area contributed by atoms with Crippen molar-refractivity contribution in [2.24, 2.45) is 0 Å². The number of aromatic amines is 1. The lowest BCUT2D eigenvalue weighted by Crippen LogP contribution is -2.25. The van der Waals surface area contributed by atoms with Crippen LogP contribution in [0.4, 0.5) is 0 Å². The van der Waals surface area contributed by atoms with Crippen LogP contribution >= 0.6 is 0 Å². The maximum absolute atomic E-state index is 12.1. The van der Waals surface area contributed by atoms with Crippen LogP contribution in [0.15, 0.2) is 35.4 Å². The first-order chi connectivity index (χ1) is 14.0. The maximum Gasteiger partial charge on any atom is 0.226 e. The topological polar surface area (TPSA) is 126 Å². The molecule has 29 heavy (non-hydrogen) atoms. The fraction of sp³-hybridized carbons (Fsp3) is 0.350. The van der Waals surface area contributed by atoms with Crippen LogP contribution in [-0.2, 0) is 35.5 Å². The number of carbonyl (C=O) groups is 2. The van der Waals surface area contributed by atoms with Crippen LogP contribution in [0.3, 0.4) is 0 Å². The molecular formula is C20H24N6O3. The fourth-order valence-corrected chi connectivity index (χ4v) is 2.93. The zero-order chi connectivity index (χ0) is 20.6. The molecule has 9 nitrogen and oxygen atoms in total. The number of carbonyl (C=O) groups excluding carboxylic acids is 2. The lowest BCUT2D eigenvalue weighted by atomic mass is 10.1. The van der Waals surface area contributed by atoms with Gasteiger partial charge in [-0.25, -0.2) is 4.98 Å². The molecule has 0 aromatic carbocycles. The predicted molar refractivity (Wildman–Crippen MR) is 105 cm³/mol. The van der Waals surface area contributed by atoms with Gasteiger partial charge in [-0.1, -0.05) is 5.16 Å². The molecule has 0 radical (unpaired) electrons. The van der Waals surface area contributed by atoms with E-state index in [1.165, 1.54) is 0 Å². The Bertz CT molecular complexity index is 945. The van der Waals surface area contributed by atoms with Gasteiger partial charge in [-0.15, -0.1) is 0 Å². The van der Waals surface area contributed by atoms with Crippen molar-refractivity contribution in [1.82, 2.24) is 30.7 Å². The van der Waals surface area contributed by atoms with Gasteiger partial charge in [-0.05, 0) is 38.0 Å². The Labute approximate surface area is 168 Å². The van der Waals surface area contributed by atoms with E-state index in [1.807, 2.05) is 26.0 Å². The Hall–Kier alpha value is -3.49. The van der Waals surface area contributed by atoms with Gasteiger partial charge in [0.05, 0.1) is 30.7 Å². The summed E-state index contributed by atoms with van der Waals surface area (Å²) < 4.78 is 5.11. The summed E-state index contributed by atoms with van der Waals surface area (Å²) in [7, 11) is 0. The summed E-state index contributed by atoms with van der Waals surface area (Å²) in [6.45, 7) is 4.43. The Morgan fingerprint density at radius 1 is 1.17 bits per heavy atom. The average molecular weight is 396 g/mol. The number of rotatable bonds is 9. The molecule has 2 amide bonds. The van der Waals surface area contributed by atoms with Gasteiger partial charge >= 0.3 is 0 Å². The van der Waals surface area contributed by atoms with Crippen molar-refractivity contribution >= 4 is 11.8 Å². The monoisotopic (exact) mass is 396 g/mol. The number of imidazole rings is 1. The first-order valence-electron chi connectivity index (χ1n) is 9.37. The number of pyridine rings is 1. The Morgan fingerprint density at radius 2 is 2.00 bits per heavy atom. The molecule has 0 fully saturated rings. The second kappa shape index (κ2) is 9.63. The number of amides is 2. The molecule has 3 rings (SSSR count). The SMILES string of the molecule is Cc1noc(C)c1CCC(=O)NCc1cc(CNC(=O)Cc2cnc[nH]2)ccn1. The van der Waals surface area contributed by atoms with Crippen molar-refractivity contribution in [2.75, 3.05) is 0 Å². The molecular weight excluding hydrogens is 372 g/mol. The first kappa shape index (κ1) is 20.2. The maximum atomic E-state index is 12.1. The summed E-state index contributed by atoms with van der Waals surface area (Å²) in [5.41, 5.74) is 4.21. The molecule has 0 saturated heterocycles. The first-order valence-corrected chi connectivity index (χ1v) is 9.37. The lowest BCUT2D eigenvalue weighted by molar-refractivity contribution is -0.121. The highest BCUT2D eigenvalue weighted by Gasteiger charge is 2.11. The van der Waals surface area contributed by atoms with E-state index in [0.717, 1.165) is 34.0 Å². The molecule has 0 aliphatic heterocycles. The molecule has 0 aliphatic rings. The van der Waals surface area contributed by atoms with E-state index in [9.17, 15) is 9.59 Å². The Morgan fingerprint density at radius 3 is 2.72 bits per heavy atom. The normalized spacial score (nSPS) is 10.7. The van der Waals surface area contributed by atoms with Gasteiger partial charge in [0.1, 0.15) is 5.76 Å². The number of aryl methyl sites for hydroxylation is 2. The minimum atomic E-state index is -0.0970. The summed E-state index contributed by atoms with van der Waals surface area (Å²) in [5, 5.41) is 9.63. The highest BCUT2D eigenvalue weighted by molar-refractivity contribution is 5.78. The number of hydrogen-bond acceptors (Lipinski definition) is 6. The Kier molecular flexibility index (Phi) is 6.72. The standard InChI is InChI=1S/C20H24N6O3/c1-13-18(14(2)29-26-13)3-4-19(27)24-11-16-7-15(5-6-22-16)9-23-20(28)8-17-10-21-12-25-17/h5-7,10,12H,3-4,8-9,11H2,1-2H3,(H,21,25)(H,23,28)(H,24,27). The largest absolute Gasteiger partial charge is 0.361 e. The van der Waals surface area contributed by atoms with Crippen molar-refractivity contribution in [2.45, 2.75) is 46.2 Å². The zero-order valence-corrected chi connectivity index (χ0v) is 16.5. The van der Waals surface area contributed by atoms with E-state index in [4.69, 9.17) is 4.52 Å². The highest BCUT2D eigenvalue weighted by atomic mass is 16.5. The Balaban J connectivity index is 1.43. The van der Waals surface area contributed by atoms with Gasteiger partial charge in [-0.2, -0.15) is 0 Å². The predicted octanol–water partition coefficient (Wildman–Crippen LogP) is 1.52. The molecule has 0 saturated carbocycles. The van der Waals surface area contributed by atoms with Crippen LogP contribution < -0.4 is 10.6 Å². The van der Waals surface area contributed by atoms with Gasteiger partial charge < -0.3 is 20.1 Å². The molecule has 152 valence electrons. The van der Waals surface area contributed by atoms with Crippen LogP contribution in [-0.4, -0.2) is 31.9 Å². The number of nitrogens with one attached hydrogen (secondary N) is 3. The number of nitrogens with zero attached hydrogens (tertiary/aromatic N) is 3. The van der Waals surface area contributed by atoms with Crippen LogP contribution in [0.1, 0.15) is 40.4 Å². The second-order valence-corrected chi connectivity index (χ2v) is 6.77. The van der Waals surface area contributed by atoms with Gasteiger partial charge in [-0.3, -0.25) is 14.6 Å². The smallest absolute Gasteiger partial charge is 0.226 e. The molecule has 0 spiro atoms. The molecule has 0 unspecified atom stereocenters. The van der Waals surface area contributed by atoms with Crippen LogP contribution in [0.25, 0.3) is 0 Å². The number of hydrogen-bond donors (Lipinski definition) is 3. The molecule has 3 aromatic rings. The average Bonchev–Trinajstić information content (AvgIpc) is 3.33. The van der Waals surface area contributed by atoms with Gasteiger partial charge in [0.25, 0.3) is 0 Å². The molecule has 0 bridgehead atoms. The van der Waals surface area contributed by atoms with Crippen molar-refractivity contribution in [1.29, 1.82) is 0 Å². The third-order valence-electron chi connectivity index (χ3n) is 4.53. The van der Waals surface area contributed by atoms with E-state index in [2.05, 4.69) is 30.7 Å². The fourth-order valence-electron chi connectivity index (χ4n) is 2.93. The van der Waals surface area contributed by atoms with E-state index >= 15 is 0 Å². The van der Waals surface area contributed by atoms with E-state index in [0.29, 0.717) is 25.9 Å². The number of aromatic nitrogens is 4. The van der Waals surface area contributed by atoms with E-state index in [1.54, 1.807) is 18.7 Å². The molecule has 3 aromatic heterocycles. The molecule has 3 heterocycles. The highest BCUT2D eigenvalue weighted by Crippen LogP contribution is 2.14. The summed E-state index contributed by atoms with van der Waals surface area (Å²) in [6.07, 6.45) is 6.02. The minimum absolute atomic E-state index is 0.0648. The summed E-state index contributed by atoms with van der Waals surface area (Å²) in [5.74, 6) is 0.588. The lowest BCUT2D eigenvalue weighted by Gasteiger charge is -2.08.